The third kappa shape index (κ3) is 2.57. The Morgan fingerprint density at radius 2 is 2.14 bits per heavy atom. The normalized spacial score (nSPS) is 9.86. The molecule has 14 heavy (non-hydrogen) atoms. The van der Waals surface area contributed by atoms with Crippen molar-refractivity contribution in [3.63, 3.8) is 0 Å². The summed E-state index contributed by atoms with van der Waals surface area (Å²) in [5, 5.41) is 0. The molecule has 0 aliphatic carbocycles. The maximum atomic E-state index is 11.4. The highest BCUT2D eigenvalue weighted by atomic mass is 16.2. The summed E-state index contributed by atoms with van der Waals surface area (Å²) in [6.07, 6.45) is 3.15. The fourth-order valence-electron chi connectivity index (χ4n) is 1.40. The second-order valence-corrected chi connectivity index (χ2v) is 3.23. The van der Waals surface area contributed by atoms with Gasteiger partial charge in [0.15, 0.2) is 0 Å². The van der Waals surface area contributed by atoms with Gasteiger partial charge in [-0.1, -0.05) is 31.5 Å². The van der Waals surface area contributed by atoms with E-state index in [4.69, 9.17) is 5.84 Å². The molecule has 0 bridgehead atoms. The number of nitrogens with two attached hydrogens (primary N) is 1. The average Bonchev–Trinajstić information content (AvgIpc) is 2.25. The van der Waals surface area contributed by atoms with Gasteiger partial charge in [-0.05, 0) is 24.5 Å². The lowest BCUT2D eigenvalue weighted by Gasteiger charge is -2.06. The molecule has 0 atom stereocenters. The van der Waals surface area contributed by atoms with Crippen molar-refractivity contribution >= 4 is 5.91 Å². The summed E-state index contributed by atoms with van der Waals surface area (Å²) in [5.74, 6) is 4.89. The summed E-state index contributed by atoms with van der Waals surface area (Å²) in [6.45, 7) is 2.13. The van der Waals surface area contributed by atoms with Crippen LogP contribution in [0.3, 0.4) is 0 Å². The van der Waals surface area contributed by atoms with E-state index in [0.717, 1.165) is 24.8 Å². The van der Waals surface area contributed by atoms with Crippen LogP contribution in [0.2, 0.25) is 0 Å². The van der Waals surface area contributed by atoms with Gasteiger partial charge >= 0.3 is 0 Å². The largest absolute Gasteiger partial charge is 0.290 e. The van der Waals surface area contributed by atoms with E-state index >= 15 is 0 Å². The summed E-state index contributed by atoms with van der Waals surface area (Å²) in [6, 6.07) is 7.56. The number of carbonyl (C=O) groups is 1. The van der Waals surface area contributed by atoms with Crippen LogP contribution in [0.25, 0.3) is 0 Å². The fourth-order valence-corrected chi connectivity index (χ4v) is 1.40. The Labute approximate surface area is 84.3 Å². The van der Waals surface area contributed by atoms with Gasteiger partial charge in [-0.15, -0.1) is 0 Å². The number of nitrogen functional groups attached to an aromatic ring is 1. The van der Waals surface area contributed by atoms with Crippen molar-refractivity contribution in [1.29, 1.82) is 0 Å². The number of aryl methyl sites for hydroxylation is 1. The first-order valence-corrected chi connectivity index (χ1v) is 4.88. The van der Waals surface area contributed by atoms with Crippen LogP contribution < -0.4 is 11.3 Å². The number of hydrogen-bond acceptors (Lipinski definition) is 2. The molecule has 0 unspecified atom stereocenters. The van der Waals surface area contributed by atoms with Crippen molar-refractivity contribution in [3.05, 3.63) is 35.4 Å². The molecule has 1 amide bonds. The predicted octanol–water partition coefficient (Wildman–Crippen LogP) is 1.63. The van der Waals surface area contributed by atoms with Crippen LogP contribution in [0.15, 0.2) is 24.3 Å². The number of hydrogen-bond donors (Lipinski definition) is 2. The van der Waals surface area contributed by atoms with Crippen molar-refractivity contribution in [2.24, 2.45) is 5.84 Å². The molecular weight excluding hydrogens is 176 g/mol. The van der Waals surface area contributed by atoms with E-state index in [0.29, 0.717) is 5.56 Å². The van der Waals surface area contributed by atoms with Gasteiger partial charge in [0, 0.05) is 5.56 Å². The fraction of sp³-hybridized carbons (Fsp3) is 0.364. The summed E-state index contributed by atoms with van der Waals surface area (Å²) in [4.78, 5) is 11.4. The smallest absolute Gasteiger partial charge is 0.265 e. The van der Waals surface area contributed by atoms with E-state index in [-0.39, 0.29) is 5.91 Å². The van der Waals surface area contributed by atoms with Gasteiger partial charge in [-0.3, -0.25) is 10.2 Å². The van der Waals surface area contributed by atoms with Crippen LogP contribution in [0.4, 0.5) is 0 Å². The number of rotatable bonds is 4. The minimum atomic E-state index is -0.211. The highest BCUT2D eigenvalue weighted by Crippen LogP contribution is 2.11. The zero-order valence-corrected chi connectivity index (χ0v) is 8.42. The zero-order valence-electron chi connectivity index (χ0n) is 8.42. The summed E-state index contributed by atoms with van der Waals surface area (Å²) < 4.78 is 0. The van der Waals surface area contributed by atoms with E-state index in [9.17, 15) is 4.79 Å². The van der Waals surface area contributed by atoms with E-state index in [1.165, 1.54) is 0 Å². The van der Waals surface area contributed by atoms with Crippen LogP contribution in [0.1, 0.15) is 35.7 Å². The van der Waals surface area contributed by atoms with Gasteiger partial charge in [0.05, 0.1) is 0 Å². The third-order valence-electron chi connectivity index (χ3n) is 2.19. The Balaban J connectivity index is 2.85. The molecule has 0 saturated carbocycles. The van der Waals surface area contributed by atoms with Gasteiger partial charge in [-0.2, -0.15) is 0 Å². The lowest BCUT2D eigenvalue weighted by Crippen LogP contribution is -2.30. The van der Waals surface area contributed by atoms with Crippen LogP contribution >= 0.6 is 0 Å². The topological polar surface area (TPSA) is 55.1 Å². The molecule has 0 fully saturated rings. The number of amides is 1. The average molecular weight is 192 g/mol. The first-order valence-electron chi connectivity index (χ1n) is 4.88. The second kappa shape index (κ2) is 5.40. The second-order valence-electron chi connectivity index (χ2n) is 3.23. The van der Waals surface area contributed by atoms with Crippen molar-refractivity contribution in [2.75, 3.05) is 0 Å². The molecule has 1 rings (SSSR count). The van der Waals surface area contributed by atoms with Gasteiger partial charge in [0.2, 0.25) is 0 Å². The molecule has 0 aliphatic rings. The number of unbranched alkanes of at least 4 members (excludes halogenated alkanes) is 1. The van der Waals surface area contributed by atoms with E-state index in [2.05, 4.69) is 12.3 Å². The Bertz CT molecular complexity index is 310. The molecule has 1 aromatic rings. The molecule has 0 aromatic heterocycles. The number of hydrazine groups is 1. The minimum Gasteiger partial charge on any atom is -0.290 e. The molecule has 3 N–H and O–H groups in total. The highest BCUT2D eigenvalue weighted by molar-refractivity contribution is 5.95. The first kappa shape index (κ1) is 10.7. The molecule has 0 aliphatic heterocycles. The lowest BCUT2D eigenvalue weighted by molar-refractivity contribution is 0.0952. The van der Waals surface area contributed by atoms with Gasteiger partial charge < -0.3 is 0 Å². The molecular formula is C11H16N2O. The molecule has 76 valence electrons. The SMILES string of the molecule is CCCCc1ccccc1C(=O)NN. The monoisotopic (exact) mass is 192 g/mol. The quantitative estimate of drug-likeness (QED) is 0.433. The van der Waals surface area contributed by atoms with Crippen molar-refractivity contribution < 1.29 is 4.79 Å². The van der Waals surface area contributed by atoms with Crippen LogP contribution in [0.5, 0.6) is 0 Å². The molecule has 1 aromatic carbocycles. The Hall–Kier alpha value is -1.35. The van der Waals surface area contributed by atoms with Gasteiger partial charge in [0.1, 0.15) is 0 Å². The maximum absolute atomic E-state index is 11.4. The highest BCUT2D eigenvalue weighted by Gasteiger charge is 2.07. The lowest BCUT2D eigenvalue weighted by atomic mass is 10.0. The van der Waals surface area contributed by atoms with Gasteiger partial charge in [-0.25, -0.2) is 5.84 Å². The number of benzene rings is 1. The third-order valence-corrected chi connectivity index (χ3v) is 2.19. The summed E-state index contributed by atoms with van der Waals surface area (Å²) in [7, 11) is 0. The number of nitrogens with one attached hydrogen (secondary N) is 1. The molecule has 0 radical (unpaired) electrons. The zero-order chi connectivity index (χ0) is 10.4. The summed E-state index contributed by atoms with van der Waals surface area (Å²) >= 11 is 0. The van der Waals surface area contributed by atoms with Crippen molar-refractivity contribution in [1.82, 2.24) is 5.43 Å². The van der Waals surface area contributed by atoms with Crippen LogP contribution in [-0.4, -0.2) is 5.91 Å². The standard InChI is InChI=1S/C11H16N2O/c1-2-3-6-9-7-4-5-8-10(9)11(14)13-12/h4-5,7-8H,2-3,6,12H2,1H3,(H,13,14). The number of carbonyl (C=O) groups excluding carboxylic acids is 1. The van der Waals surface area contributed by atoms with Crippen molar-refractivity contribution in [3.8, 4) is 0 Å². The van der Waals surface area contributed by atoms with Crippen LogP contribution in [0, 0.1) is 0 Å². The van der Waals surface area contributed by atoms with E-state index < -0.39 is 0 Å². The molecule has 0 heterocycles. The predicted molar refractivity (Wildman–Crippen MR) is 56.7 cm³/mol. The van der Waals surface area contributed by atoms with E-state index in [1.807, 2.05) is 18.2 Å². The van der Waals surface area contributed by atoms with Crippen LogP contribution in [-0.2, 0) is 6.42 Å². The molecule has 0 saturated heterocycles. The van der Waals surface area contributed by atoms with Crippen molar-refractivity contribution in [2.45, 2.75) is 26.2 Å². The first-order chi connectivity index (χ1) is 6.79. The molecule has 3 nitrogen and oxygen atoms in total. The minimum absolute atomic E-state index is 0.211. The Morgan fingerprint density at radius 3 is 2.79 bits per heavy atom. The molecule has 3 heteroatoms. The Morgan fingerprint density at radius 1 is 1.43 bits per heavy atom. The molecule has 0 spiro atoms. The Kier molecular flexibility index (Phi) is 4.13. The summed E-state index contributed by atoms with van der Waals surface area (Å²) in [5.41, 5.74) is 3.91. The van der Waals surface area contributed by atoms with Gasteiger partial charge in [0.25, 0.3) is 5.91 Å². The maximum Gasteiger partial charge on any atom is 0.265 e. The van der Waals surface area contributed by atoms with E-state index in [1.54, 1.807) is 6.07 Å².